The van der Waals surface area contributed by atoms with Crippen LogP contribution in [0.4, 0.5) is 0 Å². The van der Waals surface area contributed by atoms with Gasteiger partial charge in [0.2, 0.25) is 0 Å². The first kappa shape index (κ1) is 15.5. The Morgan fingerprint density at radius 3 is 2.38 bits per heavy atom. The van der Waals surface area contributed by atoms with Crippen molar-refractivity contribution in [1.29, 1.82) is 0 Å². The number of nitrogens with zero attached hydrogens (tertiary/aromatic N) is 1. The van der Waals surface area contributed by atoms with E-state index in [1.54, 1.807) is 19.5 Å². The lowest BCUT2D eigenvalue weighted by Gasteiger charge is -2.18. The molecule has 2 rings (SSSR count). The largest absolute Gasteiger partial charge is 0.497 e. The van der Waals surface area contributed by atoms with Crippen molar-refractivity contribution < 1.29 is 9.84 Å². The predicted octanol–water partition coefficient (Wildman–Crippen LogP) is 2.53. The van der Waals surface area contributed by atoms with E-state index in [1.165, 1.54) is 0 Å². The minimum Gasteiger partial charge on any atom is -0.497 e. The highest BCUT2D eigenvalue weighted by Gasteiger charge is 2.14. The summed E-state index contributed by atoms with van der Waals surface area (Å²) < 4.78 is 5.25. The maximum atomic E-state index is 10.4. The Labute approximate surface area is 125 Å². The van der Waals surface area contributed by atoms with Gasteiger partial charge in [0.05, 0.1) is 13.2 Å². The molecule has 0 aliphatic heterocycles. The monoisotopic (exact) mass is 286 g/mol. The fraction of sp³-hybridized carbons (Fsp3) is 0.353. The lowest BCUT2D eigenvalue weighted by Crippen LogP contribution is -2.22. The molecule has 1 atom stereocenters. The average molecular weight is 286 g/mol. The molecular weight excluding hydrogens is 264 g/mol. The number of hydrogen-bond donors (Lipinski definition) is 2. The molecule has 1 unspecified atom stereocenters. The van der Waals surface area contributed by atoms with Crippen LogP contribution in [0.3, 0.4) is 0 Å². The van der Waals surface area contributed by atoms with Crippen molar-refractivity contribution in [1.82, 2.24) is 10.3 Å². The topological polar surface area (TPSA) is 54.4 Å². The van der Waals surface area contributed by atoms with Gasteiger partial charge in [-0.1, -0.05) is 0 Å². The van der Waals surface area contributed by atoms with Crippen LogP contribution in [0.15, 0.2) is 36.7 Å². The van der Waals surface area contributed by atoms with Gasteiger partial charge >= 0.3 is 0 Å². The number of aliphatic hydroxyl groups is 1. The maximum absolute atomic E-state index is 10.4. The molecule has 21 heavy (non-hydrogen) atoms. The molecule has 0 radical (unpaired) electrons. The van der Waals surface area contributed by atoms with Crippen LogP contribution in [0.2, 0.25) is 0 Å². The molecule has 1 aromatic carbocycles. The number of ether oxygens (including phenoxy) is 1. The Morgan fingerprint density at radius 2 is 1.81 bits per heavy atom. The number of pyridine rings is 1. The summed E-state index contributed by atoms with van der Waals surface area (Å²) in [6.07, 6.45) is 3.01. The van der Waals surface area contributed by atoms with E-state index in [4.69, 9.17) is 4.74 Å². The summed E-state index contributed by atoms with van der Waals surface area (Å²) in [5, 5.41) is 13.7. The van der Waals surface area contributed by atoms with Gasteiger partial charge in [-0.15, -0.1) is 0 Å². The van der Waals surface area contributed by atoms with Gasteiger partial charge in [-0.2, -0.15) is 0 Å². The summed E-state index contributed by atoms with van der Waals surface area (Å²) in [7, 11) is 1.65. The Bertz CT molecular complexity index is 562. The molecule has 0 saturated heterocycles. The summed E-state index contributed by atoms with van der Waals surface area (Å²) in [5.74, 6) is 0.825. The number of benzene rings is 1. The molecule has 0 aliphatic carbocycles. The average Bonchev–Trinajstić information content (AvgIpc) is 2.47. The first-order chi connectivity index (χ1) is 10.1. The van der Waals surface area contributed by atoms with Crippen molar-refractivity contribution in [3.05, 3.63) is 58.9 Å². The number of nitrogens with one attached hydrogen (secondary N) is 1. The molecule has 0 spiro atoms. The van der Waals surface area contributed by atoms with Gasteiger partial charge in [-0.05, 0) is 60.4 Å². The predicted molar refractivity (Wildman–Crippen MR) is 83.4 cm³/mol. The Kier molecular flexibility index (Phi) is 5.31. The second kappa shape index (κ2) is 7.20. The zero-order chi connectivity index (χ0) is 15.2. The summed E-state index contributed by atoms with van der Waals surface area (Å²) in [5.41, 5.74) is 4.22. The van der Waals surface area contributed by atoms with E-state index in [2.05, 4.69) is 10.3 Å². The van der Waals surface area contributed by atoms with Gasteiger partial charge in [0.25, 0.3) is 0 Å². The molecule has 112 valence electrons. The zero-order valence-corrected chi connectivity index (χ0v) is 12.8. The lowest BCUT2D eigenvalue weighted by atomic mass is 9.97. The molecule has 0 bridgehead atoms. The standard InChI is InChI=1S/C17H22N2O2/c1-12-8-15(21-3)9-13(2)17(12)16(20)11-19-10-14-4-6-18-7-5-14/h4-9,16,19-20H,10-11H2,1-3H3. The van der Waals surface area contributed by atoms with Crippen LogP contribution >= 0.6 is 0 Å². The van der Waals surface area contributed by atoms with E-state index in [-0.39, 0.29) is 0 Å². The van der Waals surface area contributed by atoms with Crippen LogP contribution < -0.4 is 10.1 Å². The minimum absolute atomic E-state index is 0.510. The van der Waals surface area contributed by atoms with Crippen LogP contribution in [0.5, 0.6) is 5.75 Å². The van der Waals surface area contributed by atoms with Crippen molar-refractivity contribution in [3.8, 4) is 5.75 Å². The molecule has 4 heteroatoms. The third kappa shape index (κ3) is 4.03. The number of hydrogen-bond acceptors (Lipinski definition) is 4. The lowest BCUT2D eigenvalue weighted by molar-refractivity contribution is 0.173. The molecule has 0 amide bonds. The Hall–Kier alpha value is -1.91. The van der Waals surface area contributed by atoms with Crippen molar-refractivity contribution in [2.24, 2.45) is 0 Å². The highest BCUT2D eigenvalue weighted by molar-refractivity contribution is 5.42. The van der Waals surface area contributed by atoms with Crippen LogP contribution in [0, 0.1) is 13.8 Å². The smallest absolute Gasteiger partial charge is 0.119 e. The molecule has 2 aromatic rings. The third-order valence-corrected chi connectivity index (χ3v) is 3.55. The van der Waals surface area contributed by atoms with E-state index >= 15 is 0 Å². The highest BCUT2D eigenvalue weighted by Crippen LogP contribution is 2.26. The van der Waals surface area contributed by atoms with E-state index < -0.39 is 6.10 Å². The first-order valence-corrected chi connectivity index (χ1v) is 7.04. The molecule has 4 nitrogen and oxygen atoms in total. The summed E-state index contributed by atoms with van der Waals surface area (Å²) >= 11 is 0. The van der Waals surface area contributed by atoms with Gasteiger partial charge in [0.1, 0.15) is 5.75 Å². The van der Waals surface area contributed by atoms with E-state index in [0.717, 1.165) is 28.0 Å². The number of aromatic nitrogens is 1. The van der Waals surface area contributed by atoms with Crippen molar-refractivity contribution in [2.75, 3.05) is 13.7 Å². The quantitative estimate of drug-likeness (QED) is 0.857. The number of aliphatic hydroxyl groups excluding tert-OH is 1. The normalized spacial score (nSPS) is 12.2. The highest BCUT2D eigenvalue weighted by atomic mass is 16.5. The maximum Gasteiger partial charge on any atom is 0.119 e. The Balaban J connectivity index is 1.99. The van der Waals surface area contributed by atoms with Crippen molar-refractivity contribution >= 4 is 0 Å². The van der Waals surface area contributed by atoms with Crippen LogP contribution in [-0.2, 0) is 6.54 Å². The summed E-state index contributed by atoms with van der Waals surface area (Å²) in [6, 6.07) is 7.83. The summed E-state index contributed by atoms with van der Waals surface area (Å²) in [4.78, 5) is 3.99. The van der Waals surface area contributed by atoms with Gasteiger partial charge in [-0.25, -0.2) is 0 Å². The number of methoxy groups -OCH3 is 1. The van der Waals surface area contributed by atoms with Crippen molar-refractivity contribution in [2.45, 2.75) is 26.5 Å². The number of aryl methyl sites for hydroxylation is 2. The molecule has 0 aliphatic rings. The van der Waals surface area contributed by atoms with E-state index in [0.29, 0.717) is 13.1 Å². The van der Waals surface area contributed by atoms with Crippen LogP contribution in [0.25, 0.3) is 0 Å². The molecule has 1 heterocycles. The van der Waals surface area contributed by atoms with E-state index in [1.807, 2.05) is 38.1 Å². The fourth-order valence-electron chi connectivity index (χ4n) is 2.53. The first-order valence-electron chi connectivity index (χ1n) is 7.04. The minimum atomic E-state index is -0.530. The second-order valence-electron chi connectivity index (χ2n) is 5.18. The molecule has 2 N–H and O–H groups in total. The zero-order valence-electron chi connectivity index (χ0n) is 12.8. The molecular formula is C17H22N2O2. The van der Waals surface area contributed by atoms with Crippen LogP contribution in [-0.4, -0.2) is 23.7 Å². The van der Waals surface area contributed by atoms with Gasteiger partial charge < -0.3 is 15.2 Å². The van der Waals surface area contributed by atoms with E-state index in [9.17, 15) is 5.11 Å². The summed E-state index contributed by atoms with van der Waals surface area (Å²) in [6.45, 7) is 5.22. The SMILES string of the molecule is COc1cc(C)c(C(O)CNCc2ccncc2)c(C)c1. The molecule has 0 saturated carbocycles. The van der Waals surface area contributed by atoms with Gasteiger partial charge in [-0.3, -0.25) is 4.98 Å². The van der Waals surface area contributed by atoms with Crippen LogP contribution in [0.1, 0.15) is 28.4 Å². The Morgan fingerprint density at radius 1 is 1.19 bits per heavy atom. The van der Waals surface area contributed by atoms with Gasteiger partial charge in [0, 0.05) is 25.5 Å². The number of rotatable bonds is 6. The molecule has 1 aromatic heterocycles. The van der Waals surface area contributed by atoms with Gasteiger partial charge in [0.15, 0.2) is 0 Å². The second-order valence-corrected chi connectivity index (χ2v) is 5.18. The molecule has 0 fully saturated rings. The third-order valence-electron chi connectivity index (χ3n) is 3.55. The fourth-order valence-corrected chi connectivity index (χ4v) is 2.53. The van der Waals surface area contributed by atoms with Crippen molar-refractivity contribution in [3.63, 3.8) is 0 Å².